The molecule has 1 aliphatic rings. The number of aromatic nitrogens is 2. The molecule has 2 aromatic rings. The average Bonchev–Trinajstić information content (AvgIpc) is 2.45. The van der Waals surface area contributed by atoms with E-state index >= 15 is 0 Å². The van der Waals surface area contributed by atoms with Crippen LogP contribution in [0.3, 0.4) is 0 Å². The molecule has 0 aliphatic carbocycles. The van der Waals surface area contributed by atoms with E-state index < -0.39 is 5.60 Å². The van der Waals surface area contributed by atoms with E-state index in [9.17, 15) is 9.90 Å². The first-order valence-electron chi connectivity index (χ1n) is 8.03. The molecule has 1 aromatic carbocycles. The molecule has 2 heterocycles. The average molecular weight is 406 g/mol. The number of halogens is 1. The predicted molar refractivity (Wildman–Crippen MR) is 97.4 cm³/mol. The summed E-state index contributed by atoms with van der Waals surface area (Å²) in [6, 6.07) is 8.98. The number of ether oxygens (including phenoxy) is 1. The highest BCUT2D eigenvalue weighted by Crippen LogP contribution is 2.32. The van der Waals surface area contributed by atoms with Gasteiger partial charge in [-0.2, -0.15) is 10.2 Å². The first-order valence-corrected chi connectivity index (χ1v) is 8.83. The Labute approximate surface area is 155 Å². The molecule has 0 spiro atoms. The summed E-state index contributed by atoms with van der Waals surface area (Å²) in [4.78, 5) is 13.6. The van der Waals surface area contributed by atoms with Crippen LogP contribution in [-0.2, 0) is 4.74 Å². The van der Waals surface area contributed by atoms with Crippen LogP contribution in [0.2, 0.25) is 0 Å². The number of rotatable bonds is 2. The number of benzene rings is 1. The lowest BCUT2D eigenvalue weighted by Gasteiger charge is -2.39. The van der Waals surface area contributed by atoms with Crippen LogP contribution in [0.4, 0.5) is 4.79 Å². The van der Waals surface area contributed by atoms with Crippen molar-refractivity contribution in [2.75, 3.05) is 13.1 Å². The highest BCUT2D eigenvalue weighted by atomic mass is 79.9. The van der Waals surface area contributed by atoms with E-state index in [1.165, 1.54) is 0 Å². The lowest BCUT2D eigenvalue weighted by atomic mass is 9.96. The first-order chi connectivity index (χ1) is 11.7. The van der Waals surface area contributed by atoms with Crippen LogP contribution >= 0.6 is 15.9 Å². The number of likely N-dealkylation sites (tertiary alicyclic amines) is 1. The van der Waals surface area contributed by atoms with Gasteiger partial charge < -0.3 is 14.7 Å². The fraction of sp³-hybridized carbons (Fsp3) is 0.389. The summed E-state index contributed by atoms with van der Waals surface area (Å²) < 4.78 is 6.15. The van der Waals surface area contributed by atoms with Gasteiger partial charge in [-0.1, -0.05) is 15.9 Å². The van der Waals surface area contributed by atoms with Gasteiger partial charge in [0, 0.05) is 29.0 Å². The maximum Gasteiger partial charge on any atom is 0.410 e. The summed E-state index contributed by atoms with van der Waals surface area (Å²) in [5.41, 5.74) is 1.58. The van der Waals surface area contributed by atoms with Gasteiger partial charge in [0.15, 0.2) is 0 Å². The summed E-state index contributed by atoms with van der Waals surface area (Å²) in [5, 5.41) is 18.5. The van der Waals surface area contributed by atoms with Gasteiger partial charge in [0.1, 0.15) is 11.4 Å². The Kier molecular flexibility index (Phi) is 4.69. The van der Waals surface area contributed by atoms with Gasteiger partial charge in [0.2, 0.25) is 0 Å². The van der Waals surface area contributed by atoms with Gasteiger partial charge in [0.05, 0.1) is 11.4 Å². The van der Waals surface area contributed by atoms with Gasteiger partial charge in [-0.05, 0) is 51.1 Å². The lowest BCUT2D eigenvalue weighted by Crippen LogP contribution is -2.50. The van der Waals surface area contributed by atoms with Crippen molar-refractivity contribution in [3.05, 3.63) is 40.5 Å². The van der Waals surface area contributed by atoms with Crippen molar-refractivity contribution in [1.82, 2.24) is 15.1 Å². The number of nitrogens with zero attached hydrogens (tertiary/aromatic N) is 3. The van der Waals surface area contributed by atoms with Crippen molar-refractivity contribution in [2.45, 2.75) is 32.3 Å². The van der Waals surface area contributed by atoms with Crippen molar-refractivity contribution in [1.29, 1.82) is 0 Å². The Bertz CT molecular complexity index is 781. The third kappa shape index (κ3) is 4.10. The van der Waals surface area contributed by atoms with Crippen molar-refractivity contribution >= 4 is 22.0 Å². The van der Waals surface area contributed by atoms with Crippen molar-refractivity contribution < 1.29 is 14.6 Å². The Hall–Kier alpha value is -2.15. The number of hydrogen-bond donors (Lipinski definition) is 1. The zero-order valence-corrected chi connectivity index (χ0v) is 15.9. The minimum absolute atomic E-state index is 0.149. The van der Waals surface area contributed by atoms with Crippen LogP contribution < -0.4 is 0 Å². The molecule has 7 heteroatoms. The molecule has 1 saturated heterocycles. The molecule has 1 aliphatic heterocycles. The fourth-order valence-corrected chi connectivity index (χ4v) is 2.92. The number of phenolic OH excluding ortho intramolecular Hbond substituents is 1. The molecule has 25 heavy (non-hydrogen) atoms. The van der Waals surface area contributed by atoms with Crippen molar-refractivity contribution in [2.24, 2.45) is 0 Å². The van der Waals surface area contributed by atoms with Crippen LogP contribution in [0.25, 0.3) is 11.3 Å². The topological polar surface area (TPSA) is 75.5 Å². The molecule has 0 atom stereocenters. The number of hydrogen-bond acceptors (Lipinski definition) is 5. The van der Waals surface area contributed by atoms with Crippen molar-refractivity contribution in [3.63, 3.8) is 0 Å². The highest BCUT2D eigenvalue weighted by Gasteiger charge is 2.35. The van der Waals surface area contributed by atoms with E-state index in [1.54, 1.807) is 17.0 Å². The molecule has 6 nitrogen and oxygen atoms in total. The van der Waals surface area contributed by atoms with E-state index in [0.717, 1.165) is 10.2 Å². The normalized spacial score (nSPS) is 15.0. The van der Waals surface area contributed by atoms with Crippen LogP contribution in [0.1, 0.15) is 32.4 Å². The SMILES string of the molecule is CC(C)(C)OC(=O)N1CC(c2ccc(-c3ccc(Br)cc3O)nn2)C1. The lowest BCUT2D eigenvalue weighted by molar-refractivity contribution is 0.00780. The molecule has 0 radical (unpaired) electrons. The standard InChI is InChI=1S/C18H20BrN3O3/c1-18(2,3)25-17(24)22-9-11(10-22)14-6-7-15(21-20-14)13-5-4-12(19)8-16(13)23/h4-8,11,23H,9-10H2,1-3H3. The van der Waals surface area contributed by atoms with Crippen LogP contribution in [-0.4, -0.2) is 45.0 Å². The van der Waals surface area contributed by atoms with E-state index in [4.69, 9.17) is 4.74 Å². The summed E-state index contributed by atoms with van der Waals surface area (Å²) in [6.45, 7) is 6.71. The van der Waals surface area contributed by atoms with Gasteiger partial charge in [-0.25, -0.2) is 4.79 Å². The van der Waals surface area contributed by atoms with Gasteiger partial charge in [0.25, 0.3) is 0 Å². The molecule has 0 unspecified atom stereocenters. The molecule has 132 valence electrons. The third-order valence-electron chi connectivity index (χ3n) is 3.87. The van der Waals surface area contributed by atoms with Gasteiger partial charge in [-0.3, -0.25) is 0 Å². The monoisotopic (exact) mass is 405 g/mol. The Morgan fingerprint density at radius 3 is 2.52 bits per heavy atom. The molecule has 0 bridgehead atoms. The molecular formula is C18H20BrN3O3. The zero-order valence-electron chi connectivity index (χ0n) is 14.4. The minimum atomic E-state index is -0.490. The highest BCUT2D eigenvalue weighted by molar-refractivity contribution is 9.10. The van der Waals surface area contributed by atoms with Crippen molar-refractivity contribution in [3.8, 4) is 17.0 Å². The van der Waals surface area contributed by atoms with Crippen LogP contribution in [0.15, 0.2) is 34.8 Å². The molecule has 1 aromatic heterocycles. The number of carbonyl (C=O) groups excluding carboxylic acids is 1. The summed E-state index contributed by atoms with van der Waals surface area (Å²) in [5.74, 6) is 0.309. The first kappa shape index (κ1) is 17.7. The van der Waals surface area contributed by atoms with E-state index in [2.05, 4.69) is 26.1 Å². The summed E-state index contributed by atoms with van der Waals surface area (Å²) >= 11 is 3.31. The fourth-order valence-electron chi connectivity index (χ4n) is 2.57. The van der Waals surface area contributed by atoms with Crippen LogP contribution in [0.5, 0.6) is 5.75 Å². The predicted octanol–water partition coefficient (Wildman–Crippen LogP) is 3.95. The second-order valence-electron chi connectivity index (χ2n) is 7.09. The smallest absolute Gasteiger partial charge is 0.410 e. The Morgan fingerprint density at radius 1 is 1.24 bits per heavy atom. The van der Waals surface area contributed by atoms with Crippen LogP contribution in [0, 0.1) is 0 Å². The van der Waals surface area contributed by atoms with E-state index in [-0.39, 0.29) is 17.8 Å². The number of aromatic hydroxyl groups is 1. The summed E-state index contributed by atoms with van der Waals surface area (Å²) in [6.07, 6.45) is -0.298. The molecular weight excluding hydrogens is 386 g/mol. The van der Waals surface area contributed by atoms with Gasteiger partial charge in [-0.15, -0.1) is 0 Å². The maximum absolute atomic E-state index is 12.0. The van der Waals surface area contributed by atoms with E-state index in [0.29, 0.717) is 24.3 Å². The third-order valence-corrected chi connectivity index (χ3v) is 4.37. The quantitative estimate of drug-likeness (QED) is 0.818. The Morgan fingerprint density at radius 2 is 1.96 bits per heavy atom. The summed E-state index contributed by atoms with van der Waals surface area (Å²) in [7, 11) is 0. The molecule has 1 N–H and O–H groups in total. The number of carbonyl (C=O) groups is 1. The molecule has 1 fully saturated rings. The Balaban J connectivity index is 1.64. The van der Waals surface area contributed by atoms with E-state index in [1.807, 2.05) is 39.0 Å². The maximum atomic E-state index is 12.0. The largest absolute Gasteiger partial charge is 0.507 e. The minimum Gasteiger partial charge on any atom is -0.507 e. The second kappa shape index (κ2) is 6.63. The molecule has 0 saturated carbocycles. The number of phenols is 1. The zero-order chi connectivity index (χ0) is 18.2. The molecule has 1 amide bonds. The number of amides is 1. The van der Waals surface area contributed by atoms with Gasteiger partial charge >= 0.3 is 6.09 Å². The molecule has 3 rings (SSSR count). The second-order valence-corrected chi connectivity index (χ2v) is 8.00.